The Kier molecular flexibility index (Phi) is 6.73. The number of likely N-dealkylation sites (N-methyl/N-ethyl adjacent to an activating group) is 1. The monoisotopic (exact) mass is 476 g/mol. The number of fused-ring (bicyclic) bond motifs is 1. The average molecular weight is 477 g/mol. The van der Waals surface area contributed by atoms with Crippen LogP contribution in [0.3, 0.4) is 0 Å². The van der Waals surface area contributed by atoms with Crippen LogP contribution in [-0.4, -0.2) is 40.6 Å². The van der Waals surface area contributed by atoms with Crippen LogP contribution in [0.2, 0.25) is 0 Å². The summed E-state index contributed by atoms with van der Waals surface area (Å²) >= 11 is 0. The maximum atomic E-state index is 14.2. The number of pyridine rings is 1. The number of hydrogen-bond acceptors (Lipinski definition) is 5. The number of amides is 2. The first-order valence-electron chi connectivity index (χ1n) is 11.5. The summed E-state index contributed by atoms with van der Waals surface area (Å²) in [6.45, 7) is 5.27. The Balaban J connectivity index is 1.61. The molecule has 0 saturated carbocycles. The summed E-state index contributed by atoms with van der Waals surface area (Å²) in [5.74, 6) is -0.545. The zero-order valence-corrected chi connectivity index (χ0v) is 20.3. The lowest BCUT2D eigenvalue weighted by Crippen LogP contribution is -2.38. The molecular formula is C27H29FN4O3. The van der Waals surface area contributed by atoms with Crippen molar-refractivity contribution in [2.75, 3.05) is 17.7 Å². The largest absolute Gasteiger partial charge is 0.444 e. The molecule has 4 rings (SSSR count). The molecule has 2 aromatic carbocycles. The van der Waals surface area contributed by atoms with Crippen molar-refractivity contribution in [2.24, 2.45) is 0 Å². The quantitative estimate of drug-likeness (QED) is 0.504. The number of nitrogens with zero attached hydrogens (tertiary/aromatic N) is 2. The van der Waals surface area contributed by atoms with Crippen LogP contribution < -0.4 is 10.6 Å². The van der Waals surface area contributed by atoms with E-state index in [9.17, 15) is 14.0 Å². The van der Waals surface area contributed by atoms with Crippen molar-refractivity contribution in [3.05, 3.63) is 83.3 Å². The summed E-state index contributed by atoms with van der Waals surface area (Å²) in [5, 5.41) is 5.55. The molecule has 182 valence electrons. The minimum atomic E-state index is -0.693. The van der Waals surface area contributed by atoms with Crippen LogP contribution in [0.1, 0.15) is 42.4 Å². The summed E-state index contributed by atoms with van der Waals surface area (Å²) < 4.78 is 19.6. The number of anilines is 3. The van der Waals surface area contributed by atoms with Crippen LogP contribution in [-0.2, 0) is 17.6 Å². The smallest absolute Gasteiger partial charge is 0.412 e. The molecule has 0 unspecified atom stereocenters. The summed E-state index contributed by atoms with van der Waals surface area (Å²) in [6.07, 6.45) is 0.849. The molecule has 1 heterocycles. The van der Waals surface area contributed by atoms with Gasteiger partial charge in [0.15, 0.2) is 0 Å². The van der Waals surface area contributed by atoms with E-state index in [1.54, 1.807) is 50.9 Å². The second kappa shape index (κ2) is 9.74. The highest BCUT2D eigenvalue weighted by molar-refractivity contribution is 5.95. The number of ether oxygens (including phenoxy) is 1. The Hall–Kier alpha value is -3.94. The fraction of sp³-hybridized carbons (Fsp3) is 0.296. The number of nitrogens with one attached hydrogen (secondary N) is 2. The molecule has 0 spiro atoms. The van der Waals surface area contributed by atoms with Crippen molar-refractivity contribution in [1.29, 1.82) is 0 Å². The molecule has 1 aliphatic rings. The predicted molar refractivity (Wildman–Crippen MR) is 134 cm³/mol. The second-order valence-electron chi connectivity index (χ2n) is 9.60. The van der Waals surface area contributed by atoms with Gasteiger partial charge in [0.05, 0.1) is 11.4 Å². The van der Waals surface area contributed by atoms with Crippen molar-refractivity contribution in [1.82, 2.24) is 9.88 Å². The van der Waals surface area contributed by atoms with Crippen LogP contribution in [0.15, 0.2) is 60.7 Å². The lowest BCUT2D eigenvalue weighted by molar-refractivity contribution is 0.0634. The maximum Gasteiger partial charge on any atom is 0.412 e. The fourth-order valence-electron chi connectivity index (χ4n) is 4.05. The first kappa shape index (κ1) is 24.2. The van der Waals surface area contributed by atoms with Crippen molar-refractivity contribution >= 4 is 29.2 Å². The van der Waals surface area contributed by atoms with Crippen LogP contribution >= 0.6 is 0 Å². The molecule has 7 nitrogen and oxygen atoms in total. The fourth-order valence-corrected chi connectivity index (χ4v) is 4.05. The van der Waals surface area contributed by atoms with Gasteiger partial charge in [-0.05, 0) is 62.9 Å². The van der Waals surface area contributed by atoms with E-state index in [1.165, 1.54) is 29.3 Å². The first-order chi connectivity index (χ1) is 16.6. The van der Waals surface area contributed by atoms with Crippen molar-refractivity contribution < 1.29 is 18.7 Å². The highest BCUT2D eigenvalue weighted by Crippen LogP contribution is 2.27. The average Bonchev–Trinajstić information content (AvgIpc) is 3.22. The summed E-state index contributed by atoms with van der Waals surface area (Å²) in [7, 11) is 1.75. The molecule has 0 saturated heterocycles. The SMILES string of the molecule is CN(C(=O)c1cc(NC(=O)OC(C)(C)C)cc(Nc2ccccc2F)n1)C1Cc2ccccc2C1. The zero-order valence-electron chi connectivity index (χ0n) is 20.3. The van der Waals surface area contributed by atoms with Gasteiger partial charge < -0.3 is 15.0 Å². The van der Waals surface area contributed by atoms with Gasteiger partial charge in [-0.15, -0.1) is 0 Å². The van der Waals surface area contributed by atoms with Crippen molar-refractivity contribution in [3.63, 3.8) is 0 Å². The summed E-state index contributed by atoms with van der Waals surface area (Å²) in [4.78, 5) is 31.9. The third-order valence-corrected chi connectivity index (χ3v) is 5.72. The maximum absolute atomic E-state index is 14.2. The van der Waals surface area contributed by atoms with Crippen LogP contribution in [0.25, 0.3) is 0 Å². The molecule has 0 aliphatic heterocycles. The molecule has 2 N–H and O–H groups in total. The Bertz CT molecular complexity index is 1230. The molecule has 0 bridgehead atoms. The number of hydrogen-bond donors (Lipinski definition) is 2. The van der Waals surface area contributed by atoms with Gasteiger partial charge >= 0.3 is 6.09 Å². The molecule has 3 aromatic rings. The van der Waals surface area contributed by atoms with Gasteiger partial charge in [0.2, 0.25) is 0 Å². The van der Waals surface area contributed by atoms with Crippen LogP contribution in [0.5, 0.6) is 0 Å². The Morgan fingerprint density at radius 3 is 2.29 bits per heavy atom. The van der Waals surface area contributed by atoms with Crippen molar-refractivity contribution in [2.45, 2.75) is 45.3 Å². The highest BCUT2D eigenvalue weighted by atomic mass is 19.1. The van der Waals surface area contributed by atoms with Gasteiger partial charge in [-0.1, -0.05) is 36.4 Å². The highest BCUT2D eigenvalue weighted by Gasteiger charge is 2.29. The van der Waals surface area contributed by atoms with Gasteiger partial charge in [0.25, 0.3) is 5.91 Å². The molecule has 0 fully saturated rings. The van der Waals surface area contributed by atoms with E-state index in [0.717, 1.165) is 12.8 Å². The number of rotatable bonds is 5. The molecule has 1 aliphatic carbocycles. The molecule has 35 heavy (non-hydrogen) atoms. The molecule has 0 atom stereocenters. The molecule has 1 aromatic heterocycles. The number of halogens is 1. The molecule has 8 heteroatoms. The number of aromatic nitrogens is 1. The number of para-hydroxylation sites is 1. The Labute approximate surface area is 204 Å². The van der Waals surface area contributed by atoms with Gasteiger partial charge in [-0.2, -0.15) is 0 Å². The van der Waals surface area contributed by atoms with Crippen LogP contribution in [0, 0.1) is 5.82 Å². The summed E-state index contributed by atoms with van der Waals surface area (Å²) in [6, 6.07) is 17.3. The van der Waals surface area contributed by atoms with E-state index >= 15 is 0 Å². The number of carbonyl (C=O) groups is 2. The number of carbonyl (C=O) groups excluding carboxylic acids is 2. The molecular weight excluding hydrogens is 447 g/mol. The van der Waals surface area contributed by atoms with Gasteiger partial charge in [-0.25, -0.2) is 14.2 Å². The predicted octanol–water partition coefficient (Wildman–Crippen LogP) is 5.55. The van der Waals surface area contributed by atoms with E-state index in [1.807, 2.05) is 12.1 Å². The normalized spacial score (nSPS) is 13.2. The Morgan fingerprint density at radius 1 is 1.03 bits per heavy atom. The Morgan fingerprint density at radius 2 is 1.66 bits per heavy atom. The third-order valence-electron chi connectivity index (χ3n) is 5.72. The third kappa shape index (κ3) is 5.95. The minimum absolute atomic E-state index is 0.00727. The van der Waals surface area contributed by atoms with Gasteiger partial charge in [0, 0.05) is 19.2 Å². The van der Waals surface area contributed by atoms with E-state index < -0.39 is 17.5 Å². The molecule has 2 amide bonds. The first-order valence-corrected chi connectivity index (χ1v) is 11.5. The van der Waals surface area contributed by atoms with Crippen LogP contribution in [0.4, 0.5) is 26.4 Å². The summed E-state index contributed by atoms with van der Waals surface area (Å²) in [5.41, 5.74) is 2.39. The van der Waals surface area contributed by atoms with Gasteiger partial charge in [0.1, 0.15) is 22.9 Å². The second-order valence-corrected chi connectivity index (χ2v) is 9.60. The van der Waals surface area contributed by atoms with E-state index in [0.29, 0.717) is 5.69 Å². The standard InChI is InChI=1S/C27H29FN4O3/c1-27(2,3)35-26(34)29-19-15-23(31-24(16-19)30-22-12-8-7-11-21(22)28)25(33)32(4)20-13-17-9-5-6-10-18(17)14-20/h5-12,15-16,20H,13-14H2,1-4H3,(H2,29,30,31,34). The van der Waals surface area contributed by atoms with Gasteiger partial charge in [-0.3, -0.25) is 10.1 Å². The zero-order chi connectivity index (χ0) is 25.2. The van der Waals surface area contributed by atoms with E-state index in [4.69, 9.17) is 4.74 Å². The molecule has 0 radical (unpaired) electrons. The van der Waals surface area contributed by atoms with E-state index in [2.05, 4.69) is 27.8 Å². The van der Waals surface area contributed by atoms with Crippen molar-refractivity contribution in [3.8, 4) is 0 Å². The number of benzene rings is 2. The lowest BCUT2D eigenvalue weighted by Gasteiger charge is -2.25. The van der Waals surface area contributed by atoms with E-state index in [-0.39, 0.29) is 29.1 Å². The lowest BCUT2D eigenvalue weighted by atomic mass is 10.1. The topological polar surface area (TPSA) is 83.6 Å². The minimum Gasteiger partial charge on any atom is -0.444 e.